The summed E-state index contributed by atoms with van der Waals surface area (Å²) >= 11 is 7.13. The molecule has 1 aliphatic carbocycles. The van der Waals surface area contributed by atoms with E-state index in [1.54, 1.807) is 25.6 Å². The van der Waals surface area contributed by atoms with Crippen LogP contribution in [0.1, 0.15) is 53.4 Å². The van der Waals surface area contributed by atoms with Crippen LogP contribution in [-0.2, 0) is 17.6 Å². The Kier molecular flexibility index (Phi) is 7.93. The van der Waals surface area contributed by atoms with Crippen LogP contribution >= 0.6 is 23.6 Å². The fraction of sp³-hybridized carbons (Fsp3) is 0.455. The highest BCUT2D eigenvalue weighted by Crippen LogP contribution is 2.38. The lowest BCUT2D eigenvalue weighted by molar-refractivity contribution is 0.0526. The van der Waals surface area contributed by atoms with Crippen LogP contribution in [0, 0.1) is 0 Å². The number of carbonyl (C=O) groups excluding carboxylic acids is 1. The number of hydrogen-bond donors (Lipinski definition) is 2. The first-order valence-electron chi connectivity index (χ1n) is 10.2. The molecule has 0 amide bonds. The molecule has 1 aliphatic rings. The van der Waals surface area contributed by atoms with E-state index in [2.05, 4.69) is 10.6 Å². The number of benzene rings is 1. The van der Waals surface area contributed by atoms with E-state index in [0.717, 1.165) is 41.9 Å². The van der Waals surface area contributed by atoms with Gasteiger partial charge in [-0.05, 0) is 62.5 Å². The summed E-state index contributed by atoms with van der Waals surface area (Å²) in [6.45, 7) is 2.17. The van der Waals surface area contributed by atoms with Crippen molar-refractivity contribution in [2.75, 3.05) is 31.5 Å². The molecule has 0 atom stereocenters. The lowest BCUT2D eigenvalue weighted by Gasteiger charge is -2.14. The number of esters is 1. The van der Waals surface area contributed by atoms with E-state index < -0.39 is 0 Å². The maximum atomic E-state index is 12.7. The van der Waals surface area contributed by atoms with E-state index >= 15 is 0 Å². The molecule has 30 heavy (non-hydrogen) atoms. The molecule has 162 valence electrons. The molecule has 0 radical (unpaired) electrons. The molecule has 0 unspecified atom stereocenters. The Balaban J connectivity index is 1.83. The average molecular weight is 449 g/mol. The Bertz CT molecular complexity index is 911. The molecule has 1 aromatic carbocycles. The van der Waals surface area contributed by atoms with Gasteiger partial charge in [0.1, 0.15) is 5.00 Å². The number of hydrogen-bond acceptors (Lipinski definition) is 6. The van der Waals surface area contributed by atoms with Gasteiger partial charge in [-0.3, -0.25) is 0 Å². The van der Waals surface area contributed by atoms with Crippen LogP contribution < -0.4 is 20.1 Å². The predicted octanol–water partition coefficient (Wildman–Crippen LogP) is 5.41. The van der Waals surface area contributed by atoms with E-state index in [1.807, 2.05) is 25.1 Å². The van der Waals surface area contributed by atoms with Crippen molar-refractivity contribution in [3.63, 3.8) is 0 Å². The first-order valence-corrected chi connectivity index (χ1v) is 11.4. The zero-order valence-corrected chi connectivity index (χ0v) is 19.3. The van der Waals surface area contributed by atoms with Crippen LogP contribution in [-0.4, -0.2) is 31.9 Å². The molecule has 0 saturated carbocycles. The molecule has 0 saturated heterocycles. The second-order valence-electron chi connectivity index (χ2n) is 6.99. The second-order valence-corrected chi connectivity index (χ2v) is 8.50. The molecule has 3 rings (SSSR count). The van der Waals surface area contributed by atoms with Gasteiger partial charge in [0.15, 0.2) is 16.6 Å². The van der Waals surface area contributed by atoms with Gasteiger partial charge in [-0.15, -0.1) is 11.3 Å². The Morgan fingerprint density at radius 1 is 1.07 bits per heavy atom. The minimum absolute atomic E-state index is 0.285. The van der Waals surface area contributed by atoms with Crippen LogP contribution in [0.4, 0.5) is 10.7 Å². The summed E-state index contributed by atoms with van der Waals surface area (Å²) < 4.78 is 16.0. The number of thiocarbonyl (C=S) groups is 1. The van der Waals surface area contributed by atoms with E-state index in [9.17, 15) is 4.79 Å². The lowest BCUT2D eigenvalue weighted by atomic mass is 9.96. The minimum atomic E-state index is -0.285. The van der Waals surface area contributed by atoms with Gasteiger partial charge in [-0.25, -0.2) is 4.79 Å². The van der Waals surface area contributed by atoms with Crippen molar-refractivity contribution in [2.24, 2.45) is 0 Å². The van der Waals surface area contributed by atoms with Gasteiger partial charge in [0.2, 0.25) is 0 Å². The number of ether oxygens (including phenoxy) is 3. The molecule has 1 aromatic heterocycles. The van der Waals surface area contributed by atoms with Crippen LogP contribution in [0.25, 0.3) is 0 Å². The third-order valence-electron chi connectivity index (χ3n) is 5.02. The van der Waals surface area contributed by atoms with Gasteiger partial charge in [-0.1, -0.05) is 12.8 Å². The minimum Gasteiger partial charge on any atom is -0.493 e. The van der Waals surface area contributed by atoms with Crippen LogP contribution in [0.15, 0.2) is 18.2 Å². The fourth-order valence-electron chi connectivity index (χ4n) is 3.61. The first-order chi connectivity index (χ1) is 14.6. The predicted molar refractivity (Wildman–Crippen MR) is 126 cm³/mol. The van der Waals surface area contributed by atoms with Gasteiger partial charge in [-0.2, -0.15) is 0 Å². The third-order valence-corrected chi connectivity index (χ3v) is 6.43. The molecule has 0 aliphatic heterocycles. The summed E-state index contributed by atoms with van der Waals surface area (Å²) in [6.07, 6.45) is 6.54. The number of thiophene rings is 1. The Labute approximate surface area is 186 Å². The SMILES string of the molecule is CCOC(=O)c1c(NC(=S)Nc2ccc(OC)c(OC)c2)sc2c1CCCCCC2. The standard InChI is InChI=1S/C22H28N2O4S2/c1-4-28-21(25)19-15-9-7-5-6-8-10-18(15)30-20(19)24-22(29)23-14-11-12-16(26-2)17(13-14)27-3/h11-13H,4-10H2,1-3H3,(H2,23,24,29). The summed E-state index contributed by atoms with van der Waals surface area (Å²) in [5.74, 6) is 0.966. The average Bonchev–Trinajstić information content (AvgIpc) is 3.03. The van der Waals surface area contributed by atoms with Crippen LogP contribution in [0.2, 0.25) is 0 Å². The summed E-state index contributed by atoms with van der Waals surface area (Å²) in [5, 5.41) is 7.54. The van der Waals surface area contributed by atoms with Crippen LogP contribution in [0.3, 0.4) is 0 Å². The molecule has 2 N–H and O–H groups in total. The quantitative estimate of drug-likeness (QED) is 0.452. The topological polar surface area (TPSA) is 68.8 Å². The summed E-state index contributed by atoms with van der Waals surface area (Å²) in [5.41, 5.74) is 2.52. The zero-order chi connectivity index (χ0) is 21.5. The molecule has 6 nitrogen and oxygen atoms in total. The Hall–Kier alpha value is -2.32. The number of carbonyl (C=O) groups is 1. The van der Waals surface area contributed by atoms with Crippen molar-refractivity contribution in [1.29, 1.82) is 0 Å². The molecular weight excluding hydrogens is 420 g/mol. The number of aryl methyl sites for hydroxylation is 1. The summed E-state index contributed by atoms with van der Waals surface area (Å²) in [6, 6.07) is 5.48. The number of rotatable bonds is 6. The van der Waals surface area contributed by atoms with Crippen molar-refractivity contribution in [2.45, 2.75) is 45.4 Å². The van der Waals surface area contributed by atoms with Gasteiger partial charge in [0.05, 0.1) is 26.4 Å². The molecule has 0 bridgehead atoms. The van der Waals surface area contributed by atoms with Crippen molar-refractivity contribution in [3.05, 3.63) is 34.2 Å². The lowest BCUT2D eigenvalue weighted by Crippen LogP contribution is -2.20. The Morgan fingerprint density at radius 3 is 2.50 bits per heavy atom. The smallest absolute Gasteiger partial charge is 0.341 e. The van der Waals surface area contributed by atoms with Crippen molar-refractivity contribution < 1.29 is 19.0 Å². The number of nitrogens with one attached hydrogen (secondary N) is 2. The maximum absolute atomic E-state index is 12.7. The largest absolute Gasteiger partial charge is 0.493 e. The van der Waals surface area contributed by atoms with Gasteiger partial charge >= 0.3 is 5.97 Å². The molecule has 2 aromatic rings. The summed E-state index contributed by atoms with van der Waals surface area (Å²) in [4.78, 5) is 14.0. The highest BCUT2D eigenvalue weighted by atomic mass is 32.1. The third kappa shape index (κ3) is 5.23. The van der Waals surface area contributed by atoms with E-state index in [4.69, 9.17) is 26.4 Å². The zero-order valence-electron chi connectivity index (χ0n) is 17.6. The van der Waals surface area contributed by atoms with E-state index in [1.165, 1.54) is 17.7 Å². The molecule has 0 spiro atoms. The first kappa shape index (κ1) is 22.4. The van der Waals surface area contributed by atoms with Crippen molar-refractivity contribution in [3.8, 4) is 11.5 Å². The molecule has 0 fully saturated rings. The van der Waals surface area contributed by atoms with E-state index in [0.29, 0.717) is 28.8 Å². The monoisotopic (exact) mass is 448 g/mol. The number of anilines is 2. The van der Waals surface area contributed by atoms with Gasteiger partial charge < -0.3 is 24.8 Å². The highest BCUT2D eigenvalue weighted by molar-refractivity contribution is 7.80. The van der Waals surface area contributed by atoms with Crippen molar-refractivity contribution in [1.82, 2.24) is 0 Å². The van der Waals surface area contributed by atoms with E-state index in [-0.39, 0.29) is 5.97 Å². The van der Waals surface area contributed by atoms with Gasteiger partial charge in [0.25, 0.3) is 0 Å². The second kappa shape index (κ2) is 10.6. The molecule has 8 heteroatoms. The molecular formula is C22H28N2O4S2. The van der Waals surface area contributed by atoms with Crippen LogP contribution in [0.5, 0.6) is 11.5 Å². The van der Waals surface area contributed by atoms with Gasteiger partial charge in [0, 0.05) is 16.6 Å². The number of fused-ring (bicyclic) bond motifs is 1. The maximum Gasteiger partial charge on any atom is 0.341 e. The Morgan fingerprint density at radius 2 is 1.80 bits per heavy atom. The van der Waals surface area contributed by atoms with Crippen molar-refractivity contribution >= 4 is 45.3 Å². The molecule has 1 heterocycles. The normalized spacial score (nSPS) is 13.4. The number of methoxy groups -OCH3 is 2. The summed E-state index contributed by atoms with van der Waals surface area (Å²) in [7, 11) is 3.18. The fourth-order valence-corrected chi connectivity index (χ4v) is 5.17. The highest BCUT2D eigenvalue weighted by Gasteiger charge is 2.25.